The monoisotopic (exact) mass is 654 g/mol. The average molecular weight is 655 g/mol. The van der Waals surface area contributed by atoms with Gasteiger partial charge in [0.25, 0.3) is 0 Å². The number of benzene rings is 10. The van der Waals surface area contributed by atoms with Crippen molar-refractivity contribution in [1.82, 2.24) is 0 Å². The Labute approximate surface area is 290 Å². The second-order valence-electron chi connectivity index (χ2n) is 13.2. The van der Waals surface area contributed by atoms with Crippen LogP contribution in [0, 0.1) is 0 Å². The minimum absolute atomic E-state index is 0.828. The molecule has 0 bridgehead atoms. The molecule has 1 unspecified atom stereocenters. The smallest absolute Gasteiger partial charge is 0.171 e. The molecule has 0 heterocycles. The van der Waals surface area contributed by atoms with Gasteiger partial charge in [0.2, 0.25) is 0 Å². The third-order valence-electron chi connectivity index (χ3n) is 10.5. The lowest BCUT2D eigenvalue weighted by Gasteiger charge is -2.23. The van der Waals surface area contributed by atoms with E-state index in [4.69, 9.17) is 0 Å². The van der Waals surface area contributed by atoms with Gasteiger partial charge in [0.05, 0.1) is 0 Å². The topological polar surface area (TPSA) is 17.1 Å². The van der Waals surface area contributed by atoms with Crippen LogP contribution in [0.2, 0.25) is 0 Å². The fourth-order valence-electron chi connectivity index (χ4n) is 7.97. The third-order valence-corrected chi connectivity index (χ3v) is 13.6. The second kappa shape index (κ2) is 11.3. The van der Waals surface area contributed by atoms with E-state index in [0.717, 1.165) is 43.0 Å². The zero-order valence-electron chi connectivity index (χ0n) is 27.3. The third kappa shape index (κ3) is 4.44. The zero-order chi connectivity index (χ0) is 33.2. The van der Waals surface area contributed by atoms with Crippen molar-refractivity contribution >= 4 is 87.7 Å². The normalized spacial score (nSPS) is 13.0. The second-order valence-corrected chi connectivity index (χ2v) is 16.0. The van der Waals surface area contributed by atoms with E-state index in [1.54, 1.807) is 0 Å². The van der Waals surface area contributed by atoms with Crippen LogP contribution in [-0.4, -0.2) is 0 Å². The molecule has 0 saturated heterocycles. The van der Waals surface area contributed by atoms with E-state index >= 15 is 4.57 Å². The van der Waals surface area contributed by atoms with Crippen LogP contribution >= 0.6 is 7.14 Å². The highest BCUT2D eigenvalue weighted by molar-refractivity contribution is 7.85. The molecule has 10 aromatic carbocycles. The molecule has 0 N–H and O–H groups in total. The Kier molecular flexibility index (Phi) is 6.53. The summed E-state index contributed by atoms with van der Waals surface area (Å²) in [5.41, 5.74) is 2.28. The first-order valence-electron chi connectivity index (χ1n) is 17.1. The van der Waals surface area contributed by atoms with E-state index in [9.17, 15) is 0 Å². The number of hydrogen-bond donors (Lipinski definition) is 0. The zero-order valence-corrected chi connectivity index (χ0v) is 28.1. The molecule has 0 amide bonds. The van der Waals surface area contributed by atoms with Crippen LogP contribution in [0.3, 0.4) is 0 Å². The summed E-state index contributed by atoms with van der Waals surface area (Å²) in [6.45, 7) is 0. The van der Waals surface area contributed by atoms with E-state index in [0.29, 0.717) is 0 Å². The predicted octanol–water partition coefficient (Wildman–Crippen LogP) is 11.9. The van der Waals surface area contributed by atoms with Gasteiger partial charge in [0.1, 0.15) is 0 Å². The van der Waals surface area contributed by atoms with Crippen molar-refractivity contribution in [2.45, 2.75) is 0 Å². The number of fused-ring (bicyclic) bond motifs is 8. The van der Waals surface area contributed by atoms with E-state index < -0.39 is 7.14 Å². The molecule has 0 fully saturated rings. The van der Waals surface area contributed by atoms with Gasteiger partial charge in [-0.05, 0) is 100 Å². The van der Waals surface area contributed by atoms with E-state index in [2.05, 4.69) is 158 Å². The summed E-state index contributed by atoms with van der Waals surface area (Å²) in [4.78, 5) is 0. The SMILES string of the molecule is O=P(c1ccc(-c2cc3c4ccccc4ccc3c3cc4ccccc4cc23)cc1)(c1ccc2ccccc2c1)c1cccc2ccccc12. The van der Waals surface area contributed by atoms with Gasteiger partial charge in [0, 0.05) is 15.9 Å². The molecule has 0 aromatic heterocycles. The first kappa shape index (κ1) is 29.0. The fraction of sp³-hybridized carbons (Fsp3) is 0. The van der Waals surface area contributed by atoms with Crippen LogP contribution in [0.4, 0.5) is 0 Å². The minimum Gasteiger partial charge on any atom is -0.309 e. The highest BCUT2D eigenvalue weighted by atomic mass is 31.2. The lowest BCUT2D eigenvalue weighted by Crippen LogP contribution is -2.25. The van der Waals surface area contributed by atoms with Crippen LogP contribution in [-0.2, 0) is 4.57 Å². The maximum absolute atomic E-state index is 16.0. The summed E-state index contributed by atoms with van der Waals surface area (Å²) in [6.07, 6.45) is 0. The average Bonchev–Trinajstić information content (AvgIpc) is 3.19. The summed E-state index contributed by atoms with van der Waals surface area (Å²) in [7, 11) is -3.29. The first-order chi connectivity index (χ1) is 24.6. The van der Waals surface area contributed by atoms with Gasteiger partial charge in [-0.3, -0.25) is 0 Å². The van der Waals surface area contributed by atoms with Crippen molar-refractivity contribution < 1.29 is 4.57 Å². The maximum Gasteiger partial charge on any atom is 0.171 e. The maximum atomic E-state index is 16.0. The predicted molar refractivity (Wildman–Crippen MR) is 216 cm³/mol. The summed E-state index contributed by atoms with van der Waals surface area (Å²) < 4.78 is 16.0. The highest BCUT2D eigenvalue weighted by Crippen LogP contribution is 2.46. The highest BCUT2D eigenvalue weighted by Gasteiger charge is 2.32. The molecule has 1 atom stereocenters. The van der Waals surface area contributed by atoms with Crippen LogP contribution in [0.5, 0.6) is 0 Å². The van der Waals surface area contributed by atoms with Crippen molar-refractivity contribution in [1.29, 1.82) is 0 Å². The summed E-state index contributed by atoms with van der Waals surface area (Å²) in [6, 6.07) is 66.4. The Morgan fingerprint density at radius 1 is 0.300 bits per heavy atom. The molecular formula is C48H31OP. The molecule has 10 aromatic rings. The molecule has 234 valence electrons. The molecule has 0 aliphatic rings. The van der Waals surface area contributed by atoms with Gasteiger partial charge in [-0.15, -0.1) is 0 Å². The Morgan fingerprint density at radius 3 is 1.56 bits per heavy atom. The lowest BCUT2D eigenvalue weighted by atomic mass is 9.89. The molecule has 1 nitrogen and oxygen atoms in total. The molecule has 0 aliphatic heterocycles. The number of hydrogen-bond acceptors (Lipinski definition) is 1. The summed E-state index contributed by atoms with van der Waals surface area (Å²) in [5, 5.41) is 16.7. The Hall–Kier alpha value is -6.01. The van der Waals surface area contributed by atoms with Gasteiger partial charge in [-0.2, -0.15) is 0 Å². The Morgan fingerprint density at radius 2 is 0.820 bits per heavy atom. The van der Waals surface area contributed by atoms with Crippen molar-refractivity contribution in [2.75, 3.05) is 0 Å². The van der Waals surface area contributed by atoms with Gasteiger partial charge < -0.3 is 4.57 Å². The van der Waals surface area contributed by atoms with Crippen molar-refractivity contribution in [3.05, 3.63) is 188 Å². The first-order valence-corrected chi connectivity index (χ1v) is 18.8. The van der Waals surface area contributed by atoms with Crippen molar-refractivity contribution in [3.8, 4) is 11.1 Å². The van der Waals surface area contributed by atoms with E-state index in [1.807, 2.05) is 30.3 Å². The molecule has 0 saturated carbocycles. The quantitative estimate of drug-likeness (QED) is 0.105. The van der Waals surface area contributed by atoms with Gasteiger partial charge in [-0.1, -0.05) is 164 Å². The molecule has 10 rings (SSSR count). The lowest BCUT2D eigenvalue weighted by molar-refractivity contribution is 0.592. The molecular weight excluding hydrogens is 624 g/mol. The molecule has 0 aliphatic carbocycles. The molecule has 0 spiro atoms. The van der Waals surface area contributed by atoms with Crippen LogP contribution in [0.1, 0.15) is 0 Å². The van der Waals surface area contributed by atoms with Gasteiger partial charge in [0.15, 0.2) is 7.14 Å². The molecule has 50 heavy (non-hydrogen) atoms. The van der Waals surface area contributed by atoms with Gasteiger partial charge in [-0.25, -0.2) is 0 Å². The fourth-order valence-corrected chi connectivity index (χ4v) is 10.8. The minimum atomic E-state index is -3.29. The van der Waals surface area contributed by atoms with E-state index in [-0.39, 0.29) is 0 Å². The summed E-state index contributed by atoms with van der Waals surface area (Å²) in [5.74, 6) is 0. The molecule has 0 radical (unpaired) electrons. The number of rotatable bonds is 4. The van der Waals surface area contributed by atoms with Crippen LogP contribution in [0.15, 0.2) is 188 Å². The largest absolute Gasteiger partial charge is 0.309 e. The van der Waals surface area contributed by atoms with Crippen molar-refractivity contribution in [3.63, 3.8) is 0 Å². The van der Waals surface area contributed by atoms with E-state index in [1.165, 1.54) is 48.7 Å². The molecule has 2 heteroatoms. The van der Waals surface area contributed by atoms with Crippen LogP contribution in [0.25, 0.3) is 75.8 Å². The van der Waals surface area contributed by atoms with Crippen LogP contribution < -0.4 is 15.9 Å². The van der Waals surface area contributed by atoms with Gasteiger partial charge >= 0.3 is 0 Å². The van der Waals surface area contributed by atoms with Crippen molar-refractivity contribution in [2.24, 2.45) is 0 Å². The summed E-state index contributed by atoms with van der Waals surface area (Å²) >= 11 is 0. The Balaban J connectivity index is 1.22. The standard InChI is InChI=1S/C48H31OP/c49-50(40-26-20-32-10-1-2-13-36(32)28-40,48-19-9-16-33-11-6-8-18-42(33)48)39-24-21-35(22-25-39)44-31-47-41-17-7-5-12-34(41)23-27-43(47)45-29-37-14-3-4-15-38(37)30-46(44)45/h1-31H. The Bertz CT molecular complexity index is 3010.